The Labute approximate surface area is 117 Å². The number of nitrogens with zero attached hydrogens (tertiary/aromatic N) is 1. The van der Waals surface area contributed by atoms with Gasteiger partial charge in [-0.25, -0.2) is 0 Å². The molecule has 6 heteroatoms. The van der Waals surface area contributed by atoms with Crippen molar-refractivity contribution in [3.8, 4) is 0 Å². The smallest absolute Gasteiger partial charge is 0.272 e. The molecule has 0 bridgehead atoms. The summed E-state index contributed by atoms with van der Waals surface area (Å²) < 4.78 is 0. The van der Waals surface area contributed by atoms with Crippen LogP contribution in [0.5, 0.6) is 0 Å². The molecule has 1 aliphatic rings. The molecule has 108 valence electrons. The largest absolute Gasteiger partial charge is 0.352 e. The second-order valence-corrected chi connectivity index (χ2v) is 5.24. The molecule has 1 amide bonds. The fourth-order valence-electron chi connectivity index (χ4n) is 2.36. The van der Waals surface area contributed by atoms with E-state index < -0.39 is 0 Å². The lowest BCUT2D eigenvalue weighted by Gasteiger charge is -2.17. The number of nitro groups is 1. The molecule has 1 heterocycles. The SMILES string of the molecule is Cc1ccc(C(C)NCC2CCC(=O)N2)cc1[N+](=O)[O-]. The zero-order chi connectivity index (χ0) is 14.7. The van der Waals surface area contributed by atoms with Crippen LogP contribution in [-0.2, 0) is 4.79 Å². The number of nitro benzene ring substituents is 1. The van der Waals surface area contributed by atoms with Gasteiger partial charge in [0.2, 0.25) is 5.91 Å². The third kappa shape index (κ3) is 3.33. The Kier molecular flexibility index (Phi) is 4.34. The molecule has 20 heavy (non-hydrogen) atoms. The van der Waals surface area contributed by atoms with E-state index >= 15 is 0 Å². The van der Waals surface area contributed by atoms with Crippen LogP contribution in [0.2, 0.25) is 0 Å². The molecule has 0 spiro atoms. The average Bonchev–Trinajstić information content (AvgIpc) is 2.82. The monoisotopic (exact) mass is 277 g/mol. The fourth-order valence-corrected chi connectivity index (χ4v) is 2.36. The first-order chi connectivity index (χ1) is 9.47. The molecule has 0 radical (unpaired) electrons. The fraction of sp³-hybridized carbons (Fsp3) is 0.500. The van der Waals surface area contributed by atoms with Crippen LogP contribution in [0.1, 0.15) is 36.9 Å². The Morgan fingerprint density at radius 1 is 1.55 bits per heavy atom. The van der Waals surface area contributed by atoms with Gasteiger partial charge in [0.1, 0.15) is 0 Å². The topological polar surface area (TPSA) is 84.3 Å². The summed E-state index contributed by atoms with van der Waals surface area (Å²) in [5.41, 5.74) is 1.69. The highest BCUT2D eigenvalue weighted by Crippen LogP contribution is 2.23. The molecule has 6 nitrogen and oxygen atoms in total. The van der Waals surface area contributed by atoms with Gasteiger partial charge in [-0.2, -0.15) is 0 Å². The average molecular weight is 277 g/mol. The number of aryl methyl sites for hydroxylation is 1. The zero-order valence-electron chi connectivity index (χ0n) is 11.7. The van der Waals surface area contributed by atoms with Crippen molar-refractivity contribution in [2.75, 3.05) is 6.54 Å². The van der Waals surface area contributed by atoms with E-state index in [0.29, 0.717) is 18.5 Å². The summed E-state index contributed by atoms with van der Waals surface area (Å²) in [5.74, 6) is 0.0930. The second-order valence-electron chi connectivity index (χ2n) is 5.24. The molecule has 2 N–H and O–H groups in total. The number of carbonyl (C=O) groups excluding carboxylic acids is 1. The highest BCUT2D eigenvalue weighted by Gasteiger charge is 2.21. The highest BCUT2D eigenvalue weighted by atomic mass is 16.6. The molecule has 1 fully saturated rings. The van der Waals surface area contributed by atoms with E-state index in [4.69, 9.17) is 0 Å². The van der Waals surface area contributed by atoms with Crippen LogP contribution in [0.4, 0.5) is 5.69 Å². The maximum atomic E-state index is 11.1. The highest BCUT2D eigenvalue weighted by molar-refractivity contribution is 5.78. The first-order valence-electron chi connectivity index (χ1n) is 6.75. The number of amides is 1. The second kappa shape index (κ2) is 6.00. The van der Waals surface area contributed by atoms with Crippen molar-refractivity contribution >= 4 is 11.6 Å². The van der Waals surface area contributed by atoms with Crippen molar-refractivity contribution in [1.82, 2.24) is 10.6 Å². The van der Waals surface area contributed by atoms with E-state index in [1.165, 1.54) is 0 Å². The van der Waals surface area contributed by atoms with E-state index in [2.05, 4.69) is 10.6 Å². The Bertz CT molecular complexity index is 530. The van der Waals surface area contributed by atoms with E-state index in [-0.39, 0.29) is 28.6 Å². The number of hydrogen-bond acceptors (Lipinski definition) is 4. The van der Waals surface area contributed by atoms with Crippen LogP contribution in [0.3, 0.4) is 0 Å². The van der Waals surface area contributed by atoms with Crippen molar-refractivity contribution in [3.05, 3.63) is 39.4 Å². The molecule has 2 atom stereocenters. The van der Waals surface area contributed by atoms with Crippen molar-refractivity contribution in [2.24, 2.45) is 0 Å². The van der Waals surface area contributed by atoms with Gasteiger partial charge in [-0.1, -0.05) is 12.1 Å². The predicted molar refractivity (Wildman–Crippen MR) is 75.4 cm³/mol. The van der Waals surface area contributed by atoms with Crippen LogP contribution in [0.25, 0.3) is 0 Å². The van der Waals surface area contributed by atoms with Crippen molar-refractivity contribution in [3.63, 3.8) is 0 Å². The maximum absolute atomic E-state index is 11.1. The molecular weight excluding hydrogens is 258 g/mol. The molecule has 0 aliphatic carbocycles. The Morgan fingerprint density at radius 2 is 2.30 bits per heavy atom. The minimum Gasteiger partial charge on any atom is -0.352 e. The van der Waals surface area contributed by atoms with Gasteiger partial charge in [-0.05, 0) is 25.8 Å². The maximum Gasteiger partial charge on any atom is 0.272 e. The van der Waals surface area contributed by atoms with Crippen LogP contribution in [0.15, 0.2) is 18.2 Å². The first kappa shape index (κ1) is 14.5. The minimum atomic E-state index is -0.358. The third-order valence-corrected chi connectivity index (χ3v) is 3.69. The molecule has 1 aliphatic heterocycles. The molecule has 1 aromatic rings. The van der Waals surface area contributed by atoms with Gasteiger partial charge < -0.3 is 10.6 Å². The lowest BCUT2D eigenvalue weighted by atomic mass is 10.0. The summed E-state index contributed by atoms with van der Waals surface area (Å²) in [6.07, 6.45) is 1.42. The first-order valence-corrected chi connectivity index (χ1v) is 6.75. The van der Waals surface area contributed by atoms with Crippen LogP contribution in [0, 0.1) is 17.0 Å². The molecule has 2 unspecified atom stereocenters. The Hall–Kier alpha value is -1.95. The molecule has 0 saturated carbocycles. The number of nitrogens with one attached hydrogen (secondary N) is 2. The van der Waals surface area contributed by atoms with Crippen LogP contribution >= 0.6 is 0 Å². The van der Waals surface area contributed by atoms with Gasteiger partial charge in [0.15, 0.2) is 0 Å². The van der Waals surface area contributed by atoms with Crippen molar-refractivity contribution in [1.29, 1.82) is 0 Å². The lowest BCUT2D eigenvalue weighted by molar-refractivity contribution is -0.385. The molecular formula is C14H19N3O3. The quantitative estimate of drug-likeness (QED) is 0.635. The van der Waals surface area contributed by atoms with E-state index in [0.717, 1.165) is 12.0 Å². The van der Waals surface area contributed by atoms with Gasteiger partial charge in [0.25, 0.3) is 5.69 Å². The summed E-state index contributed by atoms with van der Waals surface area (Å²) in [4.78, 5) is 21.7. The third-order valence-electron chi connectivity index (χ3n) is 3.69. The van der Waals surface area contributed by atoms with E-state index in [1.807, 2.05) is 13.0 Å². The molecule has 2 rings (SSSR count). The summed E-state index contributed by atoms with van der Waals surface area (Å²) in [7, 11) is 0. The van der Waals surface area contributed by atoms with Gasteiger partial charge in [-0.15, -0.1) is 0 Å². The summed E-state index contributed by atoms with van der Waals surface area (Å²) in [6, 6.07) is 5.44. The number of rotatable bonds is 5. The van der Waals surface area contributed by atoms with Crippen LogP contribution in [-0.4, -0.2) is 23.4 Å². The van der Waals surface area contributed by atoms with Gasteiger partial charge in [0, 0.05) is 36.7 Å². The standard InChI is InChI=1S/C14H19N3O3/c1-9-3-4-11(7-13(9)17(19)20)10(2)15-8-12-5-6-14(18)16-12/h3-4,7,10,12,15H,5-6,8H2,1-2H3,(H,16,18). The summed E-state index contributed by atoms with van der Waals surface area (Å²) in [5, 5.41) is 17.1. The van der Waals surface area contributed by atoms with Crippen molar-refractivity contribution in [2.45, 2.75) is 38.8 Å². The molecule has 0 aromatic heterocycles. The zero-order valence-corrected chi connectivity index (χ0v) is 11.7. The predicted octanol–water partition coefficient (Wildman–Crippen LogP) is 1.83. The molecule has 1 aromatic carbocycles. The number of benzene rings is 1. The minimum absolute atomic E-state index is 0.00630. The molecule has 1 saturated heterocycles. The van der Waals surface area contributed by atoms with Gasteiger partial charge >= 0.3 is 0 Å². The van der Waals surface area contributed by atoms with Gasteiger partial charge in [-0.3, -0.25) is 14.9 Å². The number of hydrogen-bond donors (Lipinski definition) is 2. The van der Waals surface area contributed by atoms with E-state index in [1.54, 1.807) is 19.1 Å². The van der Waals surface area contributed by atoms with Crippen molar-refractivity contribution < 1.29 is 9.72 Å². The Balaban J connectivity index is 1.98. The van der Waals surface area contributed by atoms with E-state index in [9.17, 15) is 14.9 Å². The Morgan fingerprint density at radius 3 is 2.90 bits per heavy atom. The normalized spacial score (nSPS) is 19.7. The lowest BCUT2D eigenvalue weighted by Crippen LogP contribution is -2.36. The summed E-state index contributed by atoms with van der Waals surface area (Å²) in [6.45, 7) is 4.37. The van der Waals surface area contributed by atoms with Crippen LogP contribution < -0.4 is 10.6 Å². The van der Waals surface area contributed by atoms with Gasteiger partial charge in [0.05, 0.1) is 4.92 Å². The summed E-state index contributed by atoms with van der Waals surface area (Å²) >= 11 is 0. The number of carbonyl (C=O) groups is 1.